The predicted molar refractivity (Wildman–Crippen MR) is 77.2 cm³/mol. The fourth-order valence-electron chi connectivity index (χ4n) is 2.22. The van der Waals surface area contributed by atoms with Crippen LogP contribution < -0.4 is 10.5 Å². The number of ether oxygens (including phenoxy) is 1. The maximum atomic E-state index is 6.28. The van der Waals surface area contributed by atoms with E-state index in [2.05, 4.69) is 18.0 Å². The summed E-state index contributed by atoms with van der Waals surface area (Å²) in [5.74, 6) is 0.877. The van der Waals surface area contributed by atoms with Gasteiger partial charge in [-0.15, -0.1) is 0 Å². The van der Waals surface area contributed by atoms with Crippen LogP contribution in [-0.2, 0) is 6.42 Å². The van der Waals surface area contributed by atoms with Gasteiger partial charge in [0.15, 0.2) is 0 Å². The molecule has 0 saturated carbocycles. The molecule has 2 aromatic rings. The Kier molecular flexibility index (Phi) is 4.53. The van der Waals surface area contributed by atoms with Crippen LogP contribution >= 0.6 is 0 Å². The molecule has 2 N–H and O–H groups in total. The number of benzene rings is 1. The topological polar surface area (TPSA) is 48.1 Å². The summed E-state index contributed by atoms with van der Waals surface area (Å²) in [5.41, 5.74) is 9.93. The summed E-state index contributed by atoms with van der Waals surface area (Å²) in [5, 5.41) is 0. The standard InChI is InChI=1S/C16H20N2O/c1-12-11-14(19-2)4-5-15(12)16(17)6-3-13-7-9-18-10-8-13/h4-5,7-11,16H,3,6,17H2,1-2H3. The third kappa shape index (κ3) is 3.55. The van der Waals surface area contributed by atoms with Gasteiger partial charge in [-0.3, -0.25) is 4.98 Å². The van der Waals surface area contributed by atoms with Gasteiger partial charge in [0.05, 0.1) is 7.11 Å². The smallest absolute Gasteiger partial charge is 0.119 e. The van der Waals surface area contributed by atoms with Crippen molar-refractivity contribution in [1.29, 1.82) is 0 Å². The summed E-state index contributed by atoms with van der Waals surface area (Å²) >= 11 is 0. The molecule has 1 heterocycles. The van der Waals surface area contributed by atoms with Gasteiger partial charge in [-0.2, -0.15) is 0 Å². The van der Waals surface area contributed by atoms with E-state index in [9.17, 15) is 0 Å². The van der Waals surface area contributed by atoms with E-state index in [0.29, 0.717) is 0 Å². The quantitative estimate of drug-likeness (QED) is 0.894. The molecule has 1 unspecified atom stereocenters. The second kappa shape index (κ2) is 6.34. The molecule has 3 heteroatoms. The van der Waals surface area contributed by atoms with Crippen LogP contribution in [0.15, 0.2) is 42.7 Å². The highest BCUT2D eigenvalue weighted by molar-refractivity contribution is 5.36. The lowest BCUT2D eigenvalue weighted by atomic mass is 9.96. The minimum atomic E-state index is 0.0547. The van der Waals surface area contributed by atoms with Gasteiger partial charge in [0, 0.05) is 18.4 Å². The molecule has 1 atom stereocenters. The zero-order valence-electron chi connectivity index (χ0n) is 11.5. The van der Waals surface area contributed by atoms with Crippen LogP contribution in [0.4, 0.5) is 0 Å². The third-order valence-corrected chi connectivity index (χ3v) is 3.37. The molecule has 0 aliphatic heterocycles. The Morgan fingerprint density at radius 3 is 2.58 bits per heavy atom. The van der Waals surface area contributed by atoms with Crippen molar-refractivity contribution in [1.82, 2.24) is 4.98 Å². The lowest BCUT2D eigenvalue weighted by Gasteiger charge is -2.15. The molecule has 2 rings (SSSR count). The van der Waals surface area contributed by atoms with E-state index in [1.807, 2.05) is 36.7 Å². The normalized spacial score (nSPS) is 12.2. The third-order valence-electron chi connectivity index (χ3n) is 3.37. The molecule has 0 radical (unpaired) electrons. The number of aromatic nitrogens is 1. The molecule has 0 spiro atoms. The lowest BCUT2D eigenvalue weighted by molar-refractivity contribution is 0.414. The second-order valence-electron chi connectivity index (χ2n) is 4.72. The Balaban J connectivity index is 2.02. The summed E-state index contributed by atoms with van der Waals surface area (Å²) in [4.78, 5) is 4.02. The first-order valence-electron chi connectivity index (χ1n) is 6.49. The van der Waals surface area contributed by atoms with Gasteiger partial charge in [-0.25, -0.2) is 0 Å². The van der Waals surface area contributed by atoms with Gasteiger partial charge < -0.3 is 10.5 Å². The van der Waals surface area contributed by atoms with E-state index >= 15 is 0 Å². The molecule has 100 valence electrons. The highest BCUT2D eigenvalue weighted by Gasteiger charge is 2.09. The molecule has 0 saturated heterocycles. The van der Waals surface area contributed by atoms with E-state index in [4.69, 9.17) is 10.5 Å². The molecule has 0 aliphatic carbocycles. The minimum Gasteiger partial charge on any atom is -0.497 e. The van der Waals surface area contributed by atoms with Crippen LogP contribution in [0.25, 0.3) is 0 Å². The Morgan fingerprint density at radius 1 is 1.21 bits per heavy atom. The molecule has 0 aliphatic rings. The van der Waals surface area contributed by atoms with Crippen molar-refractivity contribution in [3.8, 4) is 5.75 Å². The van der Waals surface area contributed by atoms with Crippen molar-refractivity contribution in [2.75, 3.05) is 7.11 Å². The number of nitrogens with two attached hydrogens (primary N) is 1. The Labute approximate surface area is 114 Å². The van der Waals surface area contributed by atoms with Crippen molar-refractivity contribution in [3.05, 3.63) is 59.4 Å². The average molecular weight is 256 g/mol. The maximum absolute atomic E-state index is 6.28. The first kappa shape index (κ1) is 13.6. The molecular formula is C16H20N2O. The molecule has 0 bridgehead atoms. The summed E-state index contributed by atoms with van der Waals surface area (Å²) < 4.78 is 5.21. The summed E-state index contributed by atoms with van der Waals surface area (Å²) in [7, 11) is 1.68. The number of hydrogen-bond acceptors (Lipinski definition) is 3. The fraction of sp³-hybridized carbons (Fsp3) is 0.312. The van der Waals surface area contributed by atoms with Gasteiger partial charge in [0.2, 0.25) is 0 Å². The number of aryl methyl sites for hydroxylation is 2. The Bertz CT molecular complexity index is 526. The van der Waals surface area contributed by atoms with Crippen LogP contribution in [-0.4, -0.2) is 12.1 Å². The van der Waals surface area contributed by atoms with Crippen LogP contribution in [0.1, 0.15) is 29.2 Å². The number of nitrogens with zero attached hydrogens (tertiary/aromatic N) is 1. The Hall–Kier alpha value is -1.87. The maximum Gasteiger partial charge on any atom is 0.119 e. The number of rotatable bonds is 5. The van der Waals surface area contributed by atoms with Crippen LogP contribution in [0.2, 0.25) is 0 Å². The van der Waals surface area contributed by atoms with E-state index in [0.717, 1.165) is 18.6 Å². The van der Waals surface area contributed by atoms with E-state index < -0.39 is 0 Å². The van der Waals surface area contributed by atoms with Crippen molar-refractivity contribution < 1.29 is 4.74 Å². The molecule has 1 aromatic heterocycles. The monoisotopic (exact) mass is 256 g/mol. The number of methoxy groups -OCH3 is 1. The molecular weight excluding hydrogens is 236 g/mol. The van der Waals surface area contributed by atoms with Crippen molar-refractivity contribution in [2.45, 2.75) is 25.8 Å². The summed E-state index contributed by atoms with van der Waals surface area (Å²) in [6, 6.07) is 10.2. The van der Waals surface area contributed by atoms with Gasteiger partial charge in [0.25, 0.3) is 0 Å². The highest BCUT2D eigenvalue weighted by Crippen LogP contribution is 2.24. The number of pyridine rings is 1. The molecule has 0 fully saturated rings. The van der Waals surface area contributed by atoms with E-state index in [1.165, 1.54) is 16.7 Å². The largest absolute Gasteiger partial charge is 0.497 e. The first-order chi connectivity index (χ1) is 9.20. The van der Waals surface area contributed by atoms with E-state index in [1.54, 1.807) is 7.11 Å². The molecule has 3 nitrogen and oxygen atoms in total. The lowest BCUT2D eigenvalue weighted by Crippen LogP contribution is -2.12. The highest BCUT2D eigenvalue weighted by atomic mass is 16.5. The van der Waals surface area contributed by atoms with Gasteiger partial charge >= 0.3 is 0 Å². The van der Waals surface area contributed by atoms with Crippen molar-refractivity contribution in [3.63, 3.8) is 0 Å². The first-order valence-corrected chi connectivity index (χ1v) is 6.49. The Morgan fingerprint density at radius 2 is 1.95 bits per heavy atom. The zero-order valence-corrected chi connectivity index (χ0v) is 11.5. The van der Waals surface area contributed by atoms with Crippen LogP contribution in [0.3, 0.4) is 0 Å². The molecule has 19 heavy (non-hydrogen) atoms. The van der Waals surface area contributed by atoms with Crippen LogP contribution in [0, 0.1) is 6.92 Å². The van der Waals surface area contributed by atoms with Crippen molar-refractivity contribution in [2.24, 2.45) is 5.73 Å². The summed E-state index contributed by atoms with van der Waals surface area (Å²) in [6.07, 6.45) is 5.53. The average Bonchev–Trinajstić information content (AvgIpc) is 2.45. The van der Waals surface area contributed by atoms with Gasteiger partial charge in [-0.05, 0) is 60.7 Å². The minimum absolute atomic E-state index is 0.0547. The van der Waals surface area contributed by atoms with Gasteiger partial charge in [0.1, 0.15) is 5.75 Å². The molecule has 1 aromatic carbocycles. The van der Waals surface area contributed by atoms with E-state index in [-0.39, 0.29) is 6.04 Å². The van der Waals surface area contributed by atoms with Gasteiger partial charge in [-0.1, -0.05) is 6.07 Å². The summed E-state index contributed by atoms with van der Waals surface area (Å²) in [6.45, 7) is 2.07. The number of hydrogen-bond donors (Lipinski definition) is 1. The predicted octanol–water partition coefficient (Wildman–Crippen LogP) is 3.03. The molecule has 0 amide bonds. The SMILES string of the molecule is COc1ccc(C(N)CCc2ccncc2)c(C)c1. The second-order valence-corrected chi connectivity index (χ2v) is 4.72. The fourth-order valence-corrected chi connectivity index (χ4v) is 2.22. The van der Waals surface area contributed by atoms with Crippen LogP contribution in [0.5, 0.6) is 5.75 Å². The zero-order chi connectivity index (χ0) is 13.7. The van der Waals surface area contributed by atoms with Crippen molar-refractivity contribution >= 4 is 0 Å².